The summed E-state index contributed by atoms with van der Waals surface area (Å²) >= 11 is 0. The Balaban J connectivity index is 2.77. The standard InChI is InChI=1S/C10H9N2O3/c1-15-10(13)7-3-2-4-8-9(7)11-5-6-12(8)14/h2-6H,1H3,(H,11,14)/q+1. The van der Waals surface area contributed by atoms with Gasteiger partial charge in [-0.2, -0.15) is 0 Å². The molecule has 5 nitrogen and oxygen atoms in total. The lowest BCUT2D eigenvalue weighted by Gasteiger charge is -2.00. The lowest BCUT2D eigenvalue weighted by Crippen LogP contribution is -2.30. The molecule has 0 spiro atoms. The molecule has 1 aromatic carbocycles. The number of nitrogens with zero attached hydrogens (tertiary/aromatic N) is 2. The van der Waals surface area contributed by atoms with E-state index in [1.54, 1.807) is 18.2 Å². The van der Waals surface area contributed by atoms with Crippen molar-refractivity contribution in [3.05, 3.63) is 36.2 Å². The quantitative estimate of drug-likeness (QED) is 0.419. The van der Waals surface area contributed by atoms with E-state index >= 15 is 0 Å². The van der Waals surface area contributed by atoms with Gasteiger partial charge in [-0.05, 0) is 6.07 Å². The van der Waals surface area contributed by atoms with Gasteiger partial charge < -0.3 is 4.74 Å². The molecular formula is C10H9N2O3+. The highest BCUT2D eigenvalue weighted by Gasteiger charge is 2.16. The fourth-order valence-electron chi connectivity index (χ4n) is 1.38. The maximum Gasteiger partial charge on any atom is 0.340 e. The first-order valence-corrected chi connectivity index (χ1v) is 4.31. The second-order valence-electron chi connectivity index (χ2n) is 2.94. The van der Waals surface area contributed by atoms with Crippen molar-refractivity contribution < 1.29 is 19.5 Å². The molecule has 1 N–H and O–H groups in total. The average molecular weight is 205 g/mol. The molecule has 0 fully saturated rings. The fourth-order valence-corrected chi connectivity index (χ4v) is 1.38. The number of fused-ring (bicyclic) bond motifs is 1. The highest BCUT2D eigenvalue weighted by molar-refractivity contribution is 6.00. The van der Waals surface area contributed by atoms with E-state index in [4.69, 9.17) is 0 Å². The van der Waals surface area contributed by atoms with Crippen LogP contribution >= 0.6 is 0 Å². The second kappa shape index (κ2) is 3.53. The molecule has 2 rings (SSSR count). The third-order valence-electron chi connectivity index (χ3n) is 2.08. The maximum absolute atomic E-state index is 11.4. The Labute approximate surface area is 85.5 Å². The Kier molecular flexibility index (Phi) is 2.21. The minimum absolute atomic E-state index is 0.332. The minimum atomic E-state index is -0.473. The van der Waals surface area contributed by atoms with Crippen LogP contribution in [0.15, 0.2) is 30.6 Å². The van der Waals surface area contributed by atoms with Crippen LogP contribution in [-0.4, -0.2) is 23.3 Å². The number of ether oxygens (including phenoxy) is 1. The first-order valence-electron chi connectivity index (χ1n) is 4.31. The van der Waals surface area contributed by atoms with E-state index in [9.17, 15) is 10.0 Å². The zero-order valence-corrected chi connectivity index (χ0v) is 8.04. The molecule has 0 aliphatic rings. The number of hydrogen-bond acceptors (Lipinski definition) is 4. The smallest absolute Gasteiger partial charge is 0.340 e. The molecule has 0 saturated heterocycles. The number of benzene rings is 1. The lowest BCUT2D eigenvalue weighted by atomic mass is 10.2. The number of esters is 1. The van der Waals surface area contributed by atoms with Gasteiger partial charge in [-0.3, -0.25) is 5.21 Å². The highest BCUT2D eigenvalue weighted by atomic mass is 16.5. The lowest BCUT2D eigenvalue weighted by molar-refractivity contribution is -0.884. The van der Waals surface area contributed by atoms with Gasteiger partial charge in [-0.15, -0.1) is 0 Å². The van der Waals surface area contributed by atoms with Crippen LogP contribution in [-0.2, 0) is 4.74 Å². The van der Waals surface area contributed by atoms with Crippen LogP contribution in [0.4, 0.5) is 0 Å². The molecule has 1 heterocycles. The Morgan fingerprint density at radius 1 is 1.53 bits per heavy atom. The summed E-state index contributed by atoms with van der Waals surface area (Å²) in [5, 5.41) is 9.47. The van der Waals surface area contributed by atoms with Gasteiger partial charge in [-0.1, -0.05) is 6.07 Å². The Bertz CT molecular complexity index is 525. The van der Waals surface area contributed by atoms with E-state index in [-0.39, 0.29) is 0 Å². The van der Waals surface area contributed by atoms with Crippen molar-refractivity contribution >= 4 is 17.0 Å². The Hall–Kier alpha value is -2.17. The minimum Gasteiger partial charge on any atom is -0.465 e. The van der Waals surface area contributed by atoms with Crippen molar-refractivity contribution in [2.45, 2.75) is 0 Å². The van der Waals surface area contributed by atoms with Gasteiger partial charge in [0.1, 0.15) is 0 Å². The van der Waals surface area contributed by atoms with Crippen molar-refractivity contribution in [3.63, 3.8) is 0 Å². The first-order chi connectivity index (χ1) is 7.24. The molecule has 0 atom stereocenters. The van der Waals surface area contributed by atoms with Crippen LogP contribution < -0.4 is 4.73 Å². The van der Waals surface area contributed by atoms with Gasteiger partial charge in [0.05, 0.1) is 18.9 Å². The molecule has 0 aliphatic heterocycles. The van der Waals surface area contributed by atoms with Crippen LogP contribution in [0.1, 0.15) is 10.4 Å². The van der Waals surface area contributed by atoms with Gasteiger partial charge in [0.25, 0.3) is 5.52 Å². The van der Waals surface area contributed by atoms with E-state index in [2.05, 4.69) is 9.72 Å². The van der Waals surface area contributed by atoms with Gasteiger partial charge in [0.15, 0.2) is 5.52 Å². The fraction of sp³-hybridized carbons (Fsp3) is 0.100. The van der Waals surface area contributed by atoms with Crippen molar-refractivity contribution in [1.29, 1.82) is 0 Å². The average Bonchev–Trinajstić information content (AvgIpc) is 2.28. The predicted octanol–water partition coefficient (Wildman–Crippen LogP) is 0.546. The van der Waals surface area contributed by atoms with Crippen molar-refractivity contribution in [1.82, 2.24) is 4.98 Å². The molecule has 0 unspecified atom stereocenters. The summed E-state index contributed by atoms with van der Waals surface area (Å²) in [4.78, 5) is 15.4. The maximum atomic E-state index is 11.4. The van der Waals surface area contributed by atoms with E-state index < -0.39 is 5.97 Å². The van der Waals surface area contributed by atoms with Crippen LogP contribution in [0.5, 0.6) is 0 Å². The molecular weight excluding hydrogens is 196 g/mol. The summed E-state index contributed by atoms with van der Waals surface area (Å²) in [6.45, 7) is 0. The summed E-state index contributed by atoms with van der Waals surface area (Å²) < 4.78 is 5.53. The summed E-state index contributed by atoms with van der Waals surface area (Å²) in [6, 6.07) is 4.92. The van der Waals surface area contributed by atoms with Crippen molar-refractivity contribution in [2.24, 2.45) is 0 Å². The summed E-state index contributed by atoms with van der Waals surface area (Å²) in [7, 11) is 1.30. The van der Waals surface area contributed by atoms with Crippen LogP contribution in [0, 0.1) is 0 Å². The van der Waals surface area contributed by atoms with Crippen LogP contribution in [0.3, 0.4) is 0 Å². The molecule has 0 aliphatic carbocycles. The second-order valence-corrected chi connectivity index (χ2v) is 2.94. The highest BCUT2D eigenvalue weighted by Crippen LogP contribution is 2.13. The number of methoxy groups -OCH3 is 1. The molecule has 0 amide bonds. The Morgan fingerprint density at radius 2 is 2.33 bits per heavy atom. The molecule has 5 heteroatoms. The van der Waals surface area contributed by atoms with E-state index in [0.29, 0.717) is 16.6 Å². The monoisotopic (exact) mass is 205 g/mol. The molecule has 15 heavy (non-hydrogen) atoms. The van der Waals surface area contributed by atoms with Gasteiger partial charge in [-0.25, -0.2) is 9.78 Å². The summed E-state index contributed by atoms with van der Waals surface area (Å²) in [5.74, 6) is -0.473. The van der Waals surface area contributed by atoms with Gasteiger partial charge in [0.2, 0.25) is 6.20 Å². The van der Waals surface area contributed by atoms with Crippen LogP contribution in [0.2, 0.25) is 0 Å². The molecule has 0 bridgehead atoms. The van der Waals surface area contributed by atoms with E-state index in [1.165, 1.54) is 19.5 Å². The third-order valence-corrected chi connectivity index (χ3v) is 2.08. The third kappa shape index (κ3) is 1.48. The topological polar surface area (TPSA) is 63.3 Å². The van der Waals surface area contributed by atoms with Crippen LogP contribution in [0.25, 0.3) is 11.0 Å². The number of rotatable bonds is 1. The zero-order chi connectivity index (χ0) is 10.8. The molecule has 1 aromatic heterocycles. The number of carbonyl (C=O) groups is 1. The van der Waals surface area contributed by atoms with Crippen molar-refractivity contribution in [3.8, 4) is 0 Å². The van der Waals surface area contributed by atoms with E-state index in [1.807, 2.05) is 0 Å². The summed E-state index contributed by atoms with van der Waals surface area (Å²) in [6.07, 6.45) is 2.80. The first kappa shape index (κ1) is 9.39. The molecule has 0 radical (unpaired) electrons. The Morgan fingerprint density at radius 3 is 3.07 bits per heavy atom. The predicted molar refractivity (Wildman–Crippen MR) is 50.5 cm³/mol. The van der Waals surface area contributed by atoms with E-state index in [0.717, 1.165) is 4.73 Å². The summed E-state index contributed by atoms with van der Waals surface area (Å²) in [5.41, 5.74) is 1.20. The van der Waals surface area contributed by atoms with Crippen molar-refractivity contribution in [2.75, 3.05) is 7.11 Å². The van der Waals surface area contributed by atoms with Gasteiger partial charge in [0, 0.05) is 10.8 Å². The molecule has 76 valence electrons. The number of para-hydroxylation sites is 1. The molecule has 2 aromatic rings. The largest absolute Gasteiger partial charge is 0.465 e. The number of carbonyl (C=O) groups excluding carboxylic acids is 1. The van der Waals surface area contributed by atoms with Gasteiger partial charge >= 0.3 is 5.97 Å². The number of hydrogen-bond donors (Lipinski definition) is 1. The SMILES string of the molecule is COC(=O)c1cccc2c1ncc[n+]2O. The normalized spacial score (nSPS) is 10.2. The number of aromatic nitrogens is 2. The zero-order valence-electron chi connectivity index (χ0n) is 8.04. The molecule has 0 saturated carbocycles.